The van der Waals surface area contributed by atoms with Crippen molar-refractivity contribution in [2.45, 2.75) is 53.6 Å². The predicted molar refractivity (Wildman–Crippen MR) is 82.6 cm³/mol. The van der Waals surface area contributed by atoms with Crippen molar-refractivity contribution in [1.29, 1.82) is 0 Å². The van der Waals surface area contributed by atoms with Crippen LogP contribution in [0.3, 0.4) is 0 Å². The third-order valence-electron chi connectivity index (χ3n) is 4.29. The van der Waals surface area contributed by atoms with Crippen LogP contribution in [0.25, 0.3) is 0 Å². The molecule has 0 radical (unpaired) electrons. The molecule has 1 heterocycles. The minimum absolute atomic E-state index is 0.179. The molecule has 1 aliphatic heterocycles. The second-order valence-corrected chi connectivity index (χ2v) is 7.94. The summed E-state index contributed by atoms with van der Waals surface area (Å²) in [6, 6.07) is 0. The van der Waals surface area contributed by atoms with Gasteiger partial charge in [-0.25, -0.2) is 0 Å². The third-order valence-corrected chi connectivity index (χ3v) is 4.29. The summed E-state index contributed by atoms with van der Waals surface area (Å²) in [5, 5.41) is 9.83. The molecule has 1 aliphatic rings. The van der Waals surface area contributed by atoms with Gasteiger partial charge in [-0.3, -0.25) is 9.69 Å². The van der Waals surface area contributed by atoms with E-state index in [-0.39, 0.29) is 11.3 Å². The lowest BCUT2D eigenvalue weighted by atomic mass is 9.80. The Labute approximate surface area is 124 Å². The van der Waals surface area contributed by atoms with Crippen LogP contribution in [-0.4, -0.2) is 59.1 Å². The highest BCUT2D eigenvalue weighted by Crippen LogP contribution is 2.28. The summed E-state index contributed by atoms with van der Waals surface area (Å²) in [6.07, 6.45) is 0.634. The van der Waals surface area contributed by atoms with E-state index >= 15 is 0 Å². The molecule has 1 fully saturated rings. The van der Waals surface area contributed by atoms with Gasteiger partial charge in [0.1, 0.15) is 0 Å². The summed E-state index contributed by atoms with van der Waals surface area (Å²) in [6.45, 7) is 16.3. The molecule has 1 rings (SSSR count). The van der Waals surface area contributed by atoms with E-state index in [4.69, 9.17) is 0 Å². The smallest absolute Gasteiger partial charge is 0.222 e. The number of rotatable bonds is 4. The average Bonchev–Trinajstić information content (AvgIpc) is 2.26. The topological polar surface area (TPSA) is 43.8 Å². The second kappa shape index (κ2) is 6.44. The van der Waals surface area contributed by atoms with E-state index in [0.717, 1.165) is 26.2 Å². The Morgan fingerprint density at radius 1 is 1.10 bits per heavy atom. The van der Waals surface area contributed by atoms with Gasteiger partial charge >= 0.3 is 0 Å². The lowest BCUT2D eigenvalue weighted by Gasteiger charge is -2.38. The molecule has 4 nitrogen and oxygen atoms in total. The summed E-state index contributed by atoms with van der Waals surface area (Å²) in [5.74, 6) is 0.666. The molecule has 0 aromatic carbocycles. The SMILES string of the molecule is CC(CC(=O)N1CCN(CC(C)(C)O)CC1)C(C)(C)C. The Morgan fingerprint density at radius 3 is 2.00 bits per heavy atom. The highest BCUT2D eigenvalue weighted by molar-refractivity contribution is 5.76. The Hall–Kier alpha value is -0.610. The van der Waals surface area contributed by atoms with E-state index < -0.39 is 5.60 Å². The van der Waals surface area contributed by atoms with Crippen LogP contribution in [-0.2, 0) is 4.79 Å². The number of hydrogen-bond acceptors (Lipinski definition) is 3. The van der Waals surface area contributed by atoms with Gasteiger partial charge in [0.2, 0.25) is 5.91 Å². The van der Waals surface area contributed by atoms with Gasteiger partial charge in [0, 0.05) is 39.1 Å². The van der Waals surface area contributed by atoms with Gasteiger partial charge in [-0.2, -0.15) is 0 Å². The number of aliphatic hydroxyl groups is 1. The van der Waals surface area contributed by atoms with Gasteiger partial charge in [-0.1, -0.05) is 27.7 Å². The molecule has 1 amide bonds. The molecule has 0 bridgehead atoms. The van der Waals surface area contributed by atoms with Crippen molar-refractivity contribution in [2.24, 2.45) is 11.3 Å². The normalized spacial score (nSPS) is 20.1. The molecule has 0 spiro atoms. The maximum absolute atomic E-state index is 12.3. The first kappa shape index (κ1) is 17.4. The molecule has 4 heteroatoms. The predicted octanol–water partition coefficient (Wildman–Crippen LogP) is 1.97. The lowest BCUT2D eigenvalue weighted by molar-refractivity contribution is -0.135. The molecule has 1 unspecified atom stereocenters. The van der Waals surface area contributed by atoms with E-state index in [9.17, 15) is 9.90 Å². The molecule has 20 heavy (non-hydrogen) atoms. The Bertz CT molecular complexity index is 320. The summed E-state index contributed by atoms with van der Waals surface area (Å²) < 4.78 is 0. The van der Waals surface area contributed by atoms with E-state index in [1.165, 1.54) is 0 Å². The molecule has 1 atom stereocenters. The Kier molecular flexibility index (Phi) is 5.61. The fourth-order valence-electron chi connectivity index (χ4n) is 2.40. The number of β-amino-alcohol motifs (C(OH)–C–C–N with tert-alkyl or cyclic N) is 1. The first-order valence-electron chi connectivity index (χ1n) is 7.71. The molecule has 1 N–H and O–H groups in total. The zero-order valence-corrected chi connectivity index (χ0v) is 14.1. The van der Waals surface area contributed by atoms with Crippen molar-refractivity contribution < 1.29 is 9.90 Å². The molecule has 0 saturated carbocycles. The van der Waals surface area contributed by atoms with E-state index in [1.807, 2.05) is 18.7 Å². The van der Waals surface area contributed by atoms with Crippen LogP contribution in [0.2, 0.25) is 0 Å². The van der Waals surface area contributed by atoms with Gasteiger partial charge in [0.25, 0.3) is 0 Å². The third kappa shape index (κ3) is 5.80. The van der Waals surface area contributed by atoms with Gasteiger partial charge in [-0.15, -0.1) is 0 Å². The number of carbonyl (C=O) groups is 1. The fraction of sp³-hybridized carbons (Fsp3) is 0.938. The first-order chi connectivity index (χ1) is 8.99. The summed E-state index contributed by atoms with van der Waals surface area (Å²) >= 11 is 0. The molecule has 1 saturated heterocycles. The number of nitrogens with zero attached hydrogens (tertiary/aromatic N) is 2. The highest BCUT2D eigenvalue weighted by atomic mass is 16.3. The molecule has 0 aromatic heterocycles. The highest BCUT2D eigenvalue weighted by Gasteiger charge is 2.28. The maximum Gasteiger partial charge on any atom is 0.222 e. The molecular weight excluding hydrogens is 252 g/mol. The van der Waals surface area contributed by atoms with Crippen LogP contribution in [0.5, 0.6) is 0 Å². The van der Waals surface area contributed by atoms with Gasteiger partial charge in [0.15, 0.2) is 0 Å². The van der Waals surface area contributed by atoms with Crippen molar-refractivity contribution in [2.75, 3.05) is 32.7 Å². The van der Waals surface area contributed by atoms with E-state index in [0.29, 0.717) is 18.9 Å². The minimum atomic E-state index is -0.660. The average molecular weight is 284 g/mol. The molecule has 0 aliphatic carbocycles. The van der Waals surface area contributed by atoms with Gasteiger partial charge in [0.05, 0.1) is 5.60 Å². The molecule has 0 aromatic rings. The zero-order valence-electron chi connectivity index (χ0n) is 14.1. The summed E-state index contributed by atoms with van der Waals surface area (Å²) in [7, 11) is 0. The fourth-order valence-corrected chi connectivity index (χ4v) is 2.40. The minimum Gasteiger partial charge on any atom is -0.389 e. The maximum atomic E-state index is 12.3. The van der Waals surface area contributed by atoms with E-state index in [2.05, 4.69) is 32.6 Å². The van der Waals surface area contributed by atoms with Crippen molar-refractivity contribution in [3.05, 3.63) is 0 Å². The summed E-state index contributed by atoms with van der Waals surface area (Å²) in [5.41, 5.74) is -0.481. The number of piperazine rings is 1. The van der Waals surface area contributed by atoms with Crippen LogP contribution in [0.15, 0.2) is 0 Å². The number of carbonyl (C=O) groups excluding carboxylic acids is 1. The lowest BCUT2D eigenvalue weighted by Crippen LogP contribution is -2.52. The Balaban J connectivity index is 2.40. The largest absolute Gasteiger partial charge is 0.389 e. The quantitative estimate of drug-likeness (QED) is 0.858. The standard InChI is InChI=1S/C16H32N2O2/c1-13(15(2,3)4)11-14(19)18-9-7-17(8-10-18)12-16(5,6)20/h13,20H,7-12H2,1-6H3. The van der Waals surface area contributed by atoms with Gasteiger partial charge in [-0.05, 0) is 25.2 Å². The number of amides is 1. The Morgan fingerprint density at radius 2 is 1.60 bits per heavy atom. The zero-order chi connectivity index (χ0) is 15.6. The van der Waals surface area contributed by atoms with Crippen molar-refractivity contribution in [3.8, 4) is 0 Å². The van der Waals surface area contributed by atoms with Crippen LogP contribution < -0.4 is 0 Å². The van der Waals surface area contributed by atoms with Crippen LogP contribution in [0, 0.1) is 11.3 Å². The first-order valence-corrected chi connectivity index (χ1v) is 7.71. The van der Waals surface area contributed by atoms with Crippen LogP contribution >= 0.6 is 0 Å². The monoisotopic (exact) mass is 284 g/mol. The summed E-state index contributed by atoms with van der Waals surface area (Å²) in [4.78, 5) is 16.5. The molecular formula is C16H32N2O2. The van der Waals surface area contributed by atoms with Crippen molar-refractivity contribution >= 4 is 5.91 Å². The number of hydrogen-bond donors (Lipinski definition) is 1. The molecule has 118 valence electrons. The van der Waals surface area contributed by atoms with Gasteiger partial charge < -0.3 is 10.0 Å². The van der Waals surface area contributed by atoms with Crippen LogP contribution in [0.4, 0.5) is 0 Å². The van der Waals surface area contributed by atoms with Crippen molar-refractivity contribution in [1.82, 2.24) is 9.80 Å². The van der Waals surface area contributed by atoms with Crippen molar-refractivity contribution in [3.63, 3.8) is 0 Å². The second-order valence-electron chi connectivity index (χ2n) is 7.94. The van der Waals surface area contributed by atoms with E-state index in [1.54, 1.807) is 0 Å². The van der Waals surface area contributed by atoms with Crippen LogP contribution in [0.1, 0.15) is 48.0 Å².